The summed E-state index contributed by atoms with van der Waals surface area (Å²) in [6.07, 6.45) is 2.87. The molecule has 0 radical (unpaired) electrons. The van der Waals surface area contributed by atoms with Crippen molar-refractivity contribution >= 4 is 28.6 Å². The summed E-state index contributed by atoms with van der Waals surface area (Å²) in [4.78, 5) is 28.7. The zero-order valence-corrected chi connectivity index (χ0v) is 16.7. The maximum absolute atomic E-state index is 14.2. The third-order valence-electron chi connectivity index (χ3n) is 4.90. The van der Waals surface area contributed by atoms with Crippen LogP contribution in [0.1, 0.15) is 41.4 Å². The minimum absolute atomic E-state index is 0.00510. The largest absolute Gasteiger partial charge is 0.477 e. The van der Waals surface area contributed by atoms with Gasteiger partial charge in [-0.2, -0.15) is 0 Å². The van der Waals surface area contributed by atoms with Crippen LogP contribution in [-0.2, 0) is 6.42 Å². The number of carbonyl (C=O) groups is 1. The first-order valence-corrected chi connectivity index (χ1v) is 9.43. The van der Waals surface area contributed by atoms with Gasteiger partial charge in [0, 0.05) is 18.8 Å². The van der Waals surface area contributed by atoms with Gasteiger partial charge in [-0.3, -0.25) is 4.79 Å². The Labute approximate surface area is 171 Å². The highest BCUT2D eigenvalue weighted by Crippen LogP contribution is 2.24. The molecule has 8 heteroatoms. The summed E-state index contributed by atoms with van der Waals surface area (Å²) in [5.74, 6) is -1.95. The van der Waals surface area contributed by atoms with Crippen molar-refractivity contribution in [3.05, 3.63) is 74.4 Å². The van der Waals surface area contributed by atoms with Crippen LogP contribution in [-0.4, -0.2) is 32.3 Å². The molecular weight excluding hydrogens is 399 g/mol. The van der Waals surface area contributed by atoms with Crippen LogP contribution in [0.15, 0.2) is 41.5 Å². The van der Waals surface area contributed by atoms with Gasteiger partial charge in [0.25, 0.3) is 0 Å². The maximum atomic E-state index is 14.2. The molecule has 3 aromatic rings. The van der Waals surface area contributed by atoms with E-state index in [0.29, 0.717) is 11.1 Å². The van der Waals surface area contributed by atoms with E-state index in [2.05, 4.69) is 4.98 Å². The molecule has 29 heavy (non-hydrogen) atoms. The van der Waals surface area contributed by atoms with Gasteiger partial charge in [-0.15, -0.1) is 0 Å². The Balaban J connectivity index is 2.21. The first kappa shape index (κ1) is 21.0. The molecule has 0 saturated carbocycles. The number of aromatic nitrogens is 2. The number of carboxylic acids is 1. The van der Waals surface area contributed by atoms with Crippen molar-refractivity contribution in [3.63, 3.8) is 0 Å². The van der Waals surface area contributed by atoms with Gasteiger partial charge in [0.15, 0.2) is 0 Å². The molecule has 1 atom stereocenters. The van der Waals surface area contributed by atoms with E-state index in [1.165, 1.54) is 29.1 Å². The lowest BCUT2D eigenvalue weighted by atomic mass is 10.0. The number of benzene rings is 1. The highest BCUT2D eigenvalue weighted by atomic mass is 35.5. The summed E-state index contributed by atoms with van der Waals surface area (Å²) in [6.45, 7) is 3.51. The van der Waals surface area contributed by atoms with Gasteiger partial charge in [-0.05, 0) is 29.2 Å². The summed E-state index contributed by atoms with van der Waals surface area (Å²) in [6, 6.07) is 5.71. The van der Waals surface area contributed by atoms with Gasteiger partial charge in [0.2, 0.25) is 5.43 Å². The number of rotatable bonds is 6. The SMILES string of the molecule is CC(C)C(CO)n1cc(C(=O)O)c(=O)c2cc(Cc3cccc(Cl)c3F)cnc21. The van der Waals surface area contributed by atoms with Crippen molar-refractivity contribution in [1.82, 2.24) is 9.55 Å². The number of halogens is 2. The van der Waals surface area contributed by atoms with Crippen molar-refractivity contribution in [2.75, 3.05) is 6.61 Å². The van der Waals surface area contributed by atoms with Crippen LogP contribution in [0.25, 0.3) is 11.0 Å². The van der Waals surface area contributed by atoms with E-state index in [9.17, 15) is 24.2 Å². The molecule has 152 valence electrons. The number of aliphatic hydroxyl groups excluding tert-OH is 1. The maximum Gasteiger partial charge on any atom is 0.341 e. The highest BCUT2D eigenvalue weighted by Gasteiger charge is 2.22. The number of nitrogens with zero attached hydrogens (tertiary/aromatic N) is 2. The van der Waals surface area contributed by atoms with E-state index in [1.54, 1.807) is 12.1 Å². The molecule has 6 nitrogen and oxygen atoms in total. The molecule has 1 unspecified atom stereocenters. The lowest BCUT2D eigenvalue weighted by Gasteiger charge is -2.24. The van der Waals surface area contributed by atoms with Crippen LogP contribution in [0.3, 0.4) is 0 Å². The predicted molar refractivity (Wildman–Crippen MR) is 108 cm³/mol. The molecule has 2 N–H and O–H groups in total. The summed E-state index contributed by atoms with van der Waals surface area (Å²) in [7, 11) is 0. The molecule has 0 aliphatic carbocycles. The Kier molecular flexibility index (Phi) is 6.00. The van der Waals surface area contributed by atoms with Crippen LogP contribution >= 0.6 is 11.6 Å². The second kappa shape index (κ2) is 8.31. The normalized spacial score (nSPS) is 12.5. The fourth-order valence-corrected chi connectivity index (χ4v) is 3.50. The van der Waals surface area contributed by atoms with E-state index < -0.39 is 28.8 Å². The topological polar surface area (TPSA) is 92.4 Å². The van der Waals surface area contributed by atoms with Crippen molar-refractivity contribution in [2.45, 2.75) is 26.3 Å². The molecule has 0 amide bonds. The monoisotopic (exact) mass is 418 g/mol. The number of aromatic carboxylic acids is 1. The summed E-state index contributed by atoms with van der Waals surface area (Å²) < 4.78 is 15.8. The van der Waals surface area contributed by atoms with Crippen LogP contribution < -0.4 is 5.43 Å². The molecule has 2 aromatic heterocycles. The molecular formula is C21H20ClFN2O4. The fourth-order valence-electron chi connectivity index (χ4n) is 3.30. The Bertz CT molecular complexity index is 1140. The summed E-state index contributed by atoms with van der Waals surface area (Å²) in [5, 5.41) is 19.3. The Morgan fingerprint density at radius 2 is 2.07 bits per heavy atom. The number of hydrogen-bond donors (Lipinski definition) is 2. The standard InChI is InChI=1S/C21H20ClFN2O4/c1-11(2)17(10-26)25-9-15(21(28)29)19(27)14-7-12(8-24-20(14)25)6-13-4-3-5-16(22)18(13)23/h3-5,7-9,11,17,26H,6,10H2,1-2H3,(H,28,29). The molecule has 1 aromatic carbocycles. The van der Waals surface area contributed by atoms with Gasteiger partial charge in [0.05, 0.1) is 23.1 Å². The molecule has 2 heterocycles. The van der Waals surface area contributed by atoms with Crippen molar-refractivity contribution in [3.8, 4) is 0 Å². The lowest BCUT2D eigenvalue weighted by Crippen LogP contribution is -2.26. The summed E-state index contributed by atoms with van der Waals surface area (Å²) >= 11 is 5.82. The van der Waals surface area contributed by atoms with Gasteiger partial charge in [0.1, 0.15) is 17.0 Å². The average molecular weight is 419 g/mol. The number of hydrogen-bond acceptors (Lipinski definition) is 4. The first-order valence-electron chi connectivity index (χ1n) is 9.05. The molecule has 0 saturated heterocycles. The third-order valence-corrected chi connectivity index (χ3v) is 5.19. The van der Waals surface area contributed by atoms with E-state index in [4.69, 9.17) is 11.6 Å². The van der Waals surface area contributed by atoms with E-state index in [1.807, 2.05) is 13.8 Å². The minimum atomic E-state index is -1.36. The molecule has 3 rings (SSSR count). The van der Waals surface area contributed by atoms with Gasteiger partial charge < -0.3 is 14.8 Å². The van der Waals surface area contributed by atoms with Gasteiger partial charge >= 0.3 is 5.97 Å². The molecule has 0 fully saturated rings. The zero-order valence-electron chi connectivity index (χ0n) is 15.9. The second-order valence-electron chi connectivity index (χ2n) is 7.18. The Hall–Kier alpha value is -2.77. The van der Waals surface area contributed by atoms with E-state index in [0.717, 1.165) is 0 Å². The van der Waals surface area contributed by atoms with Crippen LogP contribution in [0.5, 0.6) is 0 Å². The van der Waals surface area contributed by atoms with Gasteiger partial charge in [-0.25, -0.2) is 14.2 Å². The van der Waals surface area contributed by atoms with Crippen LogP contribution in [0, 0.1) is 11.7 Å². The van der Waals surface area contributed by atoms with E-state index >= 15 is 0 Å². The highest BCUT2D eigenvalue weighted by molar-refractivity contribution is 6.30. The second-order valence-corrected chi connectivity index (χ2v) is 7.59. The minimum Gasteiger partial charge on any atom is -0.477 e. The predicted octanol–water partition coefficient (Wildman–Crippen LogP) is 3.67. The number of aliphatic hydroxyl groups is 1. The first-order chi connectivity index (χ1) is 13.7. The smallest absolute Gasteiger partial charge is 0.341 e. The van der Waals surface area contributed by atoms with Crippen LogP contribution in [0.4, 0.5) is 4.39 Å². The molecule has 0 aliphatic rings. The van der Waals surface area contributed by atoms with Crippen molar-refractivity contribution < 1.29 is 19.4 Å². The molecule has 0 bridgehead atoms. The fraction of sp³-hybridized carbons (Fsp3) is 0.286. The summed E-state index contributed by atoms with van der Waals surface area (Å²) in [5.41, 5.74) is 0.0522. The van der Waals surface area contributed by atoms with E-state index in [-0.39, 0.29) is 35.0 Å². The quantitative estimate of drug-likeness (QED) is 0.637. The van der Waals surface area contributed by atoms with Crippen LogP contribution in [0.2, 0.25) is 5.02 Å². The Morgan fingerprint density at radius 1 is 1.34 bits per heavy atom. The third kappa shape index (κ3) is 4.02. The zero-order chi connectivity index (χ0) is 21.3. The average Bonchev–Trinajstić information content (AvgIpc) is 2.67. The number of fused-ring (bicyclic) bond motifs is 1. The lowest BCUT2D eigenvalue weighted by molar-refractivity contribution is 0.0694. The molecule has 0 aliphatic heterocycles. The molecule has 0 spiro atoms. The van der Waals surface area contributed by atoms with Gasteiger partial charge in [-0.1, -0.05) is 37.6 Å². The Morgan fingerprint density at radius 3 is 2.69 bits per heavy atom. The van der Waals surface area contributed by atoms with Crippen molar-refractivity contribution in [2.24, 2.45) is 5.92 Å². The number of pyridine rings is 2. The number of carboxylic acid groups (broad SMARTS) is 1. The van der Waals surface area contributed by atoms with Crippen molar-refractivity contribution in [1.29, 1.82) is 0 Å².